The molecule has 0 radical (unpaired) electrons. The van der Waals surface area contributed by atoms with E-state index < -0.39 is 5.92 Å². The van der Waals surface area contributed by atoms with Crippen LogP contribution in [0, 0.1) is 26.7 Å². The Morgan fingerprint density at radius 2 is 1.74 bits per heavy atom. The molecule has 31 heavy (non-hydrogen) atoms. The fraction of sp³-hybridized carbons (Fsp3) is 0.308. The van der Waals surface area contributed by atoms with Gasteiger partial charge >= 0.3 is 0 Å². The topological polar surface area (TPSA) is 76.1 Å². The molecule has 1 saturated carbocycles. The molecule has 1 heterocycles. The third kappa shape index (κ3) is 4.13. The number of pyridine rings is 1. The zero-order valence-electron chi connectivity index (χ0n) is 18.1. The molecule has 1 aliphatic rings. The number of benzene rings is 2. The van der Waals surface area contributed by atoms with Gasteiger partial charge in [-0.2, -0.15) is 0 Å². The molecule has 0 aliphatic heterocycles. The normalized spacial score (nSPS) is 18.5. The van der Waals surface area contributed by atoms with Gasteiger partial charge in [-0.25, -0.2) is 4.98 Å². The predicted molar refractivity (Wildman–Crippen MR) is 120 cm³/mol. The summed E-state index contributed by atoms with van der Waals surface area (Å²) in [5, 5.41) is 3.82. The van der Waals surface area contributed by atoms with Gasteiger partial charge in [0.1, 0.15) is 17.4 Å². The van der Waals surface area contributed by atoms with Gasteiger partial charge in [0.25, 0.3) is 5.91 Å². The number of aryl methyl sites for hydroxylation is 3. The highest BCUT2D eigenvalue weighted by Crippen LogP contribution is 2.37. The van der Waals surface area contributed by atoms with Crippen LogP contribution < -0.4 is 5.32 Å². The highest BCUT2D eigenvalue weighted by molar-refractivity contribution is 6.15. The molecule has 158 valence electrons. The van der Waals surface area contributed by atoms with Crippen LogP contribution in [0.5, 0.6) is 0 Å². The van der Waals surface area contributed by atoms with E-state index in [0.29, 0.717) is 18.7 Å². The van der Waals surface area contributed by atoms with Crippen molar-refractivity contribution in [3.63, 3.8) is 0 Å². The maximum Gasteiger partial charge on any atom is 0.269 e. The van der Waals surface area contributed by atoms with Crippen LogP contribution in [-0.4, -0.2) is 29.0 Å². The number of nitrogens with one attached hydrogen (secondary N) is 1. The molecule has 0 saturated heterocycles. The van der Waals surface area contributed by atoms with Gasteiger partial charge in [-0.3, -0.25) is 14.4 Å². The first-order valence-electron chi connectivity index (χ1n) is 10.6. The number of Topliss-reactive ketones (excluding diaryl/α,β-unsaturated/α-hetero) is 2. The van der Waals surface area contributed by atoms with Gasteiger partial charge in [-0.05, 0) is 56.0 Å². The summed E-state index contributed by atoms with van der Waals surface area (Å²) >= 11 is 0. The van der Waals surface area contributed by atoms with Crippen molar-refractivity contribution in [3.8, 4) is 0 Å². The first-order valence-corrected chi connectivity index (χ1v) is 10.6. The summed E-state index contributed by atoms with van der Waals surface area (Å²) in [4.78, 5) is 42.6. The quantitative estimate of drug-likeness (QED) is 0.634. The minimum atomic E-state index is -0.677. The highest BCUT2D eigenvalue weighted by Gasteiger charge is 2.42. The molecule has 5 nitrogen and oxygen atoms in total. The van der Waals surface area contributed by atoms with Gasteiger partial charge in [0.2, 0.25) is 0 Å². The van der Waals surface area contributed by atoms with Gasteiger partial charge in [-0.15, -0.1) is 0 Å². The van der Waals surface area contributed by atoms with Crippen LogP contribution >= 0.6 is 0 Å². The Morgan fingerprint density at radius 3 is 2.48 bits per heavy atom. The molecule has 1 aromatic heterocycles. The van der Waals surface area contributed by atoms with E-state index in [-0.39, 0.29) is 29.8 Å². The summed E-state index contributed by atoms with van der Waals surface area (Å²) in [6.45, 7) is 6.26. The number of hydrogen-bond acceptors (Lipinski definition) is 4. The summed E-state index contributed by atoms with van der Waals surface area (Å²) in [5.74, 6) is -1.36. The van der Waals surface area contributed by atoms with Gasteiger partial charge < -0.3 is 5.32 Å². The van der Waals surface area contributed by atoms with Crippen LogP contribution in [0.3, 0.4) is 0 Å². The number of carbonyl (C=O) groups is 3. The maximum atomic E-state index is 13.1. The van der Waals surface area contributed by atoms with Crippen molar-refractivity contribution >= 4 is 28.4 Å². The van der Waals surface area contributed by atoms with E-state index in [2.05, 4.69) is 10.3 Å². The Morgan fingerprint density at radius 1 is 1.03 bits per heavy atom. The van der Waals surface area contributed by atoms with Crippen LogP contribution in [0.15, 0.2) is 48.5 Å². The fourth-order valence-corrected chi connectivity index (χ4v) is 4.69. The van der Waals surface area contributed by atoms with E-state index in [1.165, 1.54) is 0 Å². The lowest BCUT2D eigenvalue weighted by molar-refractivity contribution is -0.124. The molecule has 1 fully saturated rings. The Bertz CT molecular complexity index is 1180. The summed E-state index contributed by atoms with van der Waals surface area (Å²) < 4.78 is 0. The number of nitrogens with zero attached hydrogens (tertiary/aromatic N) is 1. The second-order valence-electron chi connectivity index (χ2n) is 8.45. The Balaban J connectivity index is 1.41. The van der Waals surface area contributed by atoms with Crippen molar-refractivity contribution in [2.75, 3.05) is 6.54 Å². The molecule has 2 unspecified atom stereocenters. The zero-order chi connectivity index (χ0) is 22.1. The van der Waals surface area contributed by atoms with Crippen molar-refractivity contribution in [2.45, 2.75) is 39.5 Å². The number of ketones is 2. The first kappa shape index (κ1) is 20.9. The first-order chi connectivity index (χ1) is 14.8. The van der Waals surface area contributed by atoms with Crippen molar-refractivity contribution in [1.29, 1.82) is 0 Å². The molecule has 2 aromatic carbocycles. The molecule has 4 rings (SSSR count). The maximum absolute atomic E-state index is 13.1. The lowest BCUT2D eigenvalue weighted by Crippen LogP contribution is -2.28. The van der Waals surface area contributed by atoms with Crippen molar-refractivity contribution in [1.82, 2.24) is 10.3 Å². The largest absolute Gasteiger partial charge is 0.351 e. The van der Waals surface area contributed by atoms with Gasteiger partial charge in [0, 0.05) is 24.3 Å². The average Bonchev–Trinajstić information content (AvgIpc) is 3.00. The summed E-state index contributed by atoms with van der Waals surface area (Å²) in [6, 6.07) is 15.2. The van der Waals surface area contributed by atoms with E-state index >= 15 is 0 Å². The van der Waals surface area contributed by atoms with E-state index in [1.807, 2.05) is 63.2 Å². The molecular weight excluding hydrogens is 388 g/mol. The molecule has 1 aliphatic carbocycles. The van der Waals surface area contributed by atoms with Crippen LogP contribution in [0.1, 0.15) is 51.5 Å². The van der Waals surface area contributed by atoms with Crippen LogP contribution in [-0.2, 0) is 9.59 Å². The third-order valence-corrected chi connectivity index (χ3v) is 6.09. The molecule has 5 heteroatoms. The average molecular weight is 415 g/mol. The lowest BCUT2D eigenvalue weighted by atomic mass is 9.86. The van der Waals surface area contributed by atoms with E-state index in [0.717, 1.165) is 33.2 Å². The van der Waals surface area contributed by atoms with Crippen molar-refractivity contribution in [3.05, 3.63) is 76.5 Å². The SMILES string of the molecule is Cc1cc(C)c(C2C(=O)CC(CCNC(=O)c3ccc4ccccc4n3)C2=O)c(C)c1. The number of rotatable bonds is 5. The number of fused-ring (bicyclic) bond motifs is 1. The minimum absolute atomic E-state index is 0.0208. The molecule has 0 bridgehead atoms. The molecule has 2 atom stereocenters. The minimum Gasteiger partial charge on any atom is -0.351 e. The summed E-state index contributed by atoms with van der Waals surface area (Å²) in [7, 11) is 0. The smallest absolute Gasteiger partial charge is 0.269 e. The molecule has 3 aromatic rings. The second-order valence-corrected chi connectivity index (χ2v) is 8.45. The Kier molecular flexibility index (Phi) is 5.68. The van der Waals surface area contributed by atoms with Gasteiger partial charge in [0.15, 0.2) is 5.78 Å². The third-order valence-electron chi connectivity index (χ3n) is 6.09. The second kappa shape index (κ2) is 8.42. The standard InChI is InChI=1S/C26H26N2O3/c1-15-12-16(2)23(17(3)13-15)24-22(29)14-19(25(24)30)10-11-27-26(31)21-9-8-18-6-4-5-7-20(18)28-21/h4-9,12-13,19,24H,10-11,14H2,1-3H3,(H,27,31). The summed E-state index contributed by atoms with van der Waals surface area (Å²) in [5.41, 5.74) is 5.06. The fourth-order valence-electron chi connectivity index (χ4n) is 4.69. The molecular formula is C26H26N2O3. The van der Waals surface area contributed by atoms with Gasteiger partial charge in [0.05, 0.1) is 5.52 Å². The number of aromatic nitrogens is 1. The zero-order valence-corrected chi connectivity index (χ0v) is 18.1. The van der Waals surface area contributed by atoms with Crippen LogP contribution in [0.4, 0.5) is 0 Å². The van der Waals surface area contributed by atoms with E-state index in [1.54, 1.807) is 6.07 Å². The monoisotopic (exact) mass is 414 g/mol. The number of hydrogen-bond donors (Lipinski definition) is 1. The number of para-hydroxylation sites is 1. The van der Waals surface area contributed by atoms with E-state index in [9.17, 15) is 14.4 Å². The van der Waals surface area contributed by atoms with Crippen molar-refractivity contribution in [2.24, 2.45) is 5.92 Å². The van der Waals surface area contributed by atoms with Gasteiger partial charge in [-0.1, -0.05) is 42.0 Å². The highest BCUT2D eigenvalue weighted by atomic mass is 16.2. The number of carbonyl (C=O) groups excluding carboxylic acids is 3. The summed E-state index contributed by atoms with van der Waals surface area (Å²) in [6.07, 6.45) is 0.685. The molecule has 0 spiro atoms. The molecule has 1 N–H and O–H groups in total. The van der Waals surface area contributed by atoms with Crippen LogP contribution in [0.25, 0.3) is 10.9 Å². The number of amides is 1. The molecule has 1 amide bonds. The van der Waals surface area contributed by atoms with Crippen LogP contribution in [0.2, 0.25) is 0 Å². The van der Waals surface area contributed by atoms with E-state index in [4.69, 9.17) is 0 Å². The Hall–Kier alpha value is -3.34. The lowest BCUT2D eigenvalue weighted by Gasteiger charge is -2.16. The van der Waals surface area contributed by atoms with Crippen molar-refractivity contribution < 1.29 is 14.4 Å². The predicted octanol–water partition coefficient (Wildman–Crippen LogP) is 4.22. The Labute approximate surface area is 181 Å².